The first-order chi connectivity index (χ1) is 6.36. The summed E-state index contributed by atoms with van der Waals surface area (Å²) in [5, 5.41) is 3.77. The molecule has 1 aliphatic rings. The average Bonchev–Trinajstić information content (AvgIpc) is 2.60. The highest BCUT2D eigenvalue weighted by molar-refractivity contribution is 6.04. The summed E-state index contributed by atoms with van der Waals surface area (Å²) in [5.74, 6) is 6.23. The molecule has 0 heterocycles. The van der Waals surface area contributed by atoms with E-state index in [-0.39, 0.29) is 0 Å². The molecule has 0 fully saturated rings. The first-order valence-electron chi connectivity index (χ1n) is 4.30. The maximum Gasteiger partial charge on any atom is 0.122 e. The molecule has 0 spiro atoms. The summed E-state index contributed by atoms with van der Waals surface area (Å²) in [4.78, 5) is 0. The van der Waals surface area contributed by atoms with Crippen LogP contribution in [0.2, 0.25) is 0 Å². The minimum Gasteiger partial charge on any atom is -0.496 e. The molecule has 0 aromatic heterocycles. The van der Waals surface area contributed by atoms with Gasteiger partial charge in [-0.2, -0.15) is 5.10 Å². The molecule has 0 radical (unpaired) electrons. The van der Waals surface area contributed by atoms with Crippen LogP contribution in [0.1, 0.15) is 17.5 Å². The van der Waals surface area contributed by atoms with Crippen molar-refractivity contribution in [3.8, 4) is 5.75 Å². The van der Waals surface area contributed by atoms with Gasteiger partial charge >= 0.3 is 0 Å². The monoisotopic (exact) mass is 176 g/mol. The number of hydrogen-bond acceptors (Lipinski definition) is 3. The summed E-state index contributed by atoms with van der Waals surface area (Å²) >= 11 is 0. The molecule has 3 nitrogen and oxygen atoms in total. The quantitative estimate of drug-likeness (QED) is 0.518. The van der Waals surface area contributed by atoms with Gasteiger partial charge in [-0.05, 0) is 18.9 Å². The number of methoxy groups -OCH3 is 1. The van der Waals surface area contributed by atoms with Crippen molar-refractivity contribution >= 4 is 5.71 Å². The molecular weight excluding hydrogens is 164 g/mol. The summed E-state index contributed by atoms with van der Waals surface area (Å²) < 4.78 is 5.25. The fourth-order valence-electron chi connectivity index (χ4n) is 1.80. The lowest BCUT2D eigenvalue weighted by atomic mass is 10.1. The Morgan fingerprint density at radius 3 is 2.92 bits per heavy atom. The minimum atomic E-state index is 0.923. The molecule has 2 rings (SSSR count). The molecule has 0 saturated carbocycles. The Kier molecular flexibility index (Phi) is 1.93. The lowest BCUT2D eigenvalue weighted by molar-refractivity contribution is 0.410. The van der Waals surface area contributed by atoms with Crippen LogP contribution in [0.25, 0.3) is 0 Å². The molecule has 68 valence electrons. The third-order valence-corrected chi connectivity index (χ3v) is 2.43. The largest absolute Gasteiger partial charge is 0.496 e. The van der Waals surface area contributed by atoms with Crippen LogP contribution in [0.3, 0.4) is 0 Å². The zero-order valence-corrected chi connectivity index (χ0v) is 7.58. The van der Waals surface area contributed by atoms with Gasteiger partial charge in [0.05, 0.1) is 12.8 Å². The van der Waals surface area contributed by atoms with E-state index in [4.69, 9.17) is 10.6 Å². The van der Waals surface area contributed by atoms with E-state index in [2.05, 4.69) is 5.10 Å². The number of hydrazone groups is 1. The highest BCUT2D eigenvalue weighted by atomic mass is 16.5. The van der Waals surface area contributed by atoms with Crippen molar-refractivity contribution in [1.29, 1.82) is 0 Å². The molecule has 0 bridgehead atoms. The Bertz CT molecular complexity index is 358. The van der Waals surface area contributed by atoms with Gasteiger partial charge in [-0.15, -0.1) is 0 Å². The zero-order valence-electron chi connectivity index (χ0n) is 7.58. The number of fused-ring (bicyclic) bond motifs is 1. The second-order valence-corrected chi connectivity index (χ2v) is 3.06. The van der Waals surface area contributed by atoms with E-state index in [1.54, 1.807) is 7.11 Å². The van der Waals surface area contributed by atoms with Gasteiger partial charge in [-0.3, -0.25) is 0 Å². The Morgan fingerprint density at radius 2 is 2.23 bits per heavy atom. The summed E-state index contributed by atoms with van der Waals surface area (Å²) in [7, 11) is 1.69. The van der Waals surface area contributed by atoms with Crippen molar-refractivity contribution < 1.29 is 4.74 Å². The molecule has 1 aliphatic carbocycles. The van der Waals surface area contributed by atoms with E-state index in [9.17, 15) is 0 Å². The molecule has 3 heteroatoms. The van der Waals surface area contributed by atoms with Crippen molar-refractivity contribution in [2.45, 2.75) is 12.8 Å². The third-order valence-electron chi connectivity index (χ3n) is 2.43. The van der Waals surface area contributed by atoms with Crippen molar-refractivity contribution in [1.82, 2.24) is 0 Å². The lowest BCUT2D eigenvalue weighted by Crippen LogP contribution is -1.98. The SMILES string of the molecule is COc1cccc2c1CCC2=NN. The summed E-state index contributed by atoms with van der Waals surface area (Å²) in [6, 6.07) is 5.98. The molecule has 0 saturated heterocycles. The molecule has 1 aromatic carbocycles. The molecule has 0 amide bonds. The summed E-state index contributed by atoms with van der Waals surface area (Å²) in [6.45, 7) is 0. The maximum absolute atomic E-state index is 5.29. The Morgan fingerprint density at radius 1 is 1.38 bits per heavy atom. The van der Waals surface area contributed by atoms with E-state index < -0.39 is 0 Å². The van der Waals surface area contributed by atoms with Crippen LogP contribution < -0.4 is 10.6 Å². The zero-order chi connectivity index (χ0) is 9.26. The summed E-state index contributed by atoms with van der Waals surface area (Å²) in [5.41, 5.74) is 3.35. The molecule has 0 aliphatic heterocycles. The normalized spacial score (nSPS) is 17.5. The molecular formula is C10H12N2O. The molecule has 13 heavy (non-hydrogen) atoms. The third kappa shape index (κ3) is 1.16. The highest BCUT2D eigenvalue weighted by Crippen LogP contribution is 2.30. The topological polar surface area (TPSA) is 47.6 Å². The lowest BCUT2D eigenvalue weighted by Gasteiger charge is -2.05. The van der Waals surface area contributed by atoms with E-state index in [1.165, 1.54) is 5.56 Å². The Balaban J connectivity index is 2.55. The van der Waals surface area contributed by atoms with Crippen LogP contribution in [0, 0.1) is 0 Å². The van der Waals surface area contributed by atoms with Crippen molar-refractivity contribution in [2.24, 2.45) is 10.9 Å². The van der Waals surface area contributed by atoms with Gasteiger partial charge in [0.1, 0.15) is 5.75 Å². The van der Waals surface area contributed by atoms with Gasteiger partial charge in [0, 0.05) is 11.1 Å². The smallest absolute Gasteiger partial charge is 0.122 e. The first-order valence-corrected chi connectivity index (χ1v) is 4.30. The van der Waals surface area contributed by atoms with Gasteiger partial charge in [-0.25, -0.2) is 0 Å². The standard InChI is InChI=1S/C10H12N2O/c1-13-10-4-2-3-7-8(10)5-6-9(7)12-11/h2-4H,5-6,11H2,1H3. The second kappa shape index (κ2) is 3.09. The van der Waals surface area contributed by atoms with Crippen molar-refractivity contribution in [3.05, 3.63) is 29.3 Å². The van der Waals surface area contributed by atoms with Crippen molar-refractivity contribution in [2.75, 3.05) is 7.11 Å². The number of ether oxygens (including phenoxy) is 1. The van der Waals surface area contributed by atoms with Gasteiger partial charge in [0.25, 0.3) is 0 Å². The predicted octanol–water partition coefficient (Wildman–Crippen LogP) is 1.30. The first kappa shape index (κ1) is 8.10. The van der Waals surface area contributed by atoms with Gasteiger partial charge in [0.15, 0.2) is 0 Å². The fourth-order valence-corrected chi connectivity index (χ4v) is 1.80. The van der Waals surface area contributed by atoms with Crippen LogP contribution in [0.15, 0.2) is 23.3 Å². The van der Waals surface area contributed by atoms with Crippen LogP contribution >= 0.6 is 0 Å². The van der Waals surface area contributed by atoms with E-state index in [0.29, 0.717) is 0 Å². The minimum absolute atomic E-state index is 0.923. The van der Waals surface area contributed by atoms with Crippen LogP contribution in [-0.4, -0.2) is 12.8 Å². The Labute approximate surface area is 77.2 Å². The predicted molar refractivity (Wildman–Crippen MR) is 52.0 cm³/mol. The van der Waals surface area contributed by atoms with Crippen LogP contribution in [0.4, 0.5) is 0 Å². The van der Waals surface area contributed by atoms with E-state index in [0.717, 1.165) is 29.9 Å². The fraction of sp³-hybridized carbons (Fsp3) is 0.300. The van der Waals surface area contributed by atoms with E-state index in [1.807, 2.05) is 18.2 Å². The average molecular weight is 176 g/mol. The Hall–Kier alpha value is -1.51. The summed E-state index contributed by atoms with van der Waals surface area (Å²) in [6.07, 6.45) is 1.90. The number of benzene rings is 1. The number of hydrogen-bond donors (Lipinski definition) is 1. The molecule has 0 unspecified atom stereocenters. The second-order valence-electron chi connectivity index (χ2n) is 3.06. The highest BCUT2D eigenvalue weighted by Gasteiger charge is 2.20. The molecule has 0 atom stereocenters. The van der Waals surface area contributed by atoms with Crippen LogP contribution in [0.5, 0.6) is 5.75 Å². The molecule has 1 aromatic rings. The number of rotatable bonds is 1. The van der Waals surface area contributed by atoms with E-state index >= 15 is 0 Å². The number of nitrogens with two attached hydrogens (primary N) is 1. The van der Waals surface area contributed by atoms with Gasteiger partial charge in [-0.1, -0.05) is 12.1 Å². The van der Waals surface area contributed by atoms with Gasteiger partial charge < -0.3 is 10.6 Å². The maximum atomic E-state index is 5.29. The van der Waals surface area contributed by atoms with Gasteiger partial charge in [0.2, 0.25) is 0 Å². The number of nitrogens with zero attached hydrogens (tertiary/aromatic N) is 1. The molecule has 2 N–H and O–H groups in total. The van der Waals surface area contributed by atoms with Crippen molar-refractivity contribution in [3.63, 3.8) is 0 Å². The van der Waals surface area contributed by atoms with Crippen LogP contribution in [-0.2, 0) is 6.42 Å².